The minimum Gasteiger partial charge on any atom is 0 e. The number of nitrogens with zero attached hydrogens (tertiary/aromatic N) is 4. The van der Waals surface area contributed by atoms with Crippen LogP contribution in [0.1, 0.15) is 72.2 Å². The quantitative estimate of drug-likeness (QED) is 0.112. The van der Waals surface area contributed by atoms with Crippen molar-refractivity contribution in [3.05, 3.63) is 187 Å². The first-order chi connectivity index (χ1) is 32.5. The second-order valence-corrected chi connectivity index (χ2v) is 32.1. The van der Waals surface area contributed by atoms with Crippen molar-refractivity contribution in [3.63, 3.8) is 0 Å². The molecule has 0 spiro atoms. The summed E-state index contributed by atoms with van der Waals surface area (Å²) in [5.74, 6) is 8.77. The molecular formula is C62H62GeIrN4O-2. The first-order valence-corrected chi connectivity index (χ1v) is 31.3. The number of aromatic nitrogens is 4. The fourth-order valence-corrected chi connectivity index (χ4v) is 12.4. The maximum absolute atomic E-state index is 6.66. The van der Waals surface area contributed by atoms with Gasteiger partial charge in [0, 0.05) is 47.7 Å². The van der Waals surface area contributed by atoms with Crippen LogP contribution in [0.25, 0.3) is 83.7 Å². The summed E-state index contributed by atoms with van der Waals surface area (Å²) >= 11 is -1.86. The molecule has 6 aromatic carbocycles. The molecule has 0 saturated heterocycles. The van der Waals surface area contributed by atoms with E-state index in [9.17, 15) is 0 Å². The Morgan fingerprint density at radius 1 is 0.652 bits per heavy atom. The molecule has 10 rings (SSSR count). The third-order valence-corrected chi connectivity index (χ3v) is 17.0. The van der Waals surface area contributed by atoms with E-state index in [1.54, 1.807) is 4.40 Å². The molecule has 10 aromatic rings. The Bertz CT molecular complexity index is 3330. The summed E-state index contributed by atoms with van der Waals surface area (Å²) in [4.78, 5) is 15.0. The van der Waals surface area contributed by atoms with Gasteiger partial charge in [0.2, 0.25) is 5.71 Å². The van der Waals surface area contributed by atoms with Crippen LogP contribution in [-0.2, 0) is 37.4 Å². The first kappa shape index (κ1) is 49.5. The molecule has 69 heavy (non-hydrogen) atoms. The Morgan fingerprint density at radius 3 is 1.88 bits per heavy atom. The van der Waals surface area contributed by atoms with Gasteiger partial charge in [0.05, 0.1) is 28.1 Å². The summed E-state index contributed by atoms with van der Waals surface area (Å²) in [6.07, 6.45) is 3.27. The summed E-state index contributed by atoms with van der Waals surface area (Å²) in [5.41, 5.74) is 15.4. The number of hydrogen-bond acceptors (Lipinski definition) is 4. The van der Waals surface area contributed by atoms with Crippen LogP contribution in [0.15, 0.2) is 162 Å². The molecule has 0 aliphatic carbocycles. The predicted octanol–water partition coefficient (Wildman–Crippen LogP) is 16.0. The number of imidazole rings is 1. The van der Waals surface area contributed by atoms with Gasteiger partial charge in [0.1, 0.15) is 0 Å². The van der Waals surface area contributed by atoms with Gasteiger partial charge in [-0.25, -0.2) is 4.98 Å². The van der Waals surface area contributed by atoms with E-state index in [-0.39, 0.29) is 30.9 Å². The van der Waals surface area contributed by atoms with Crippen LogP contribution in [0, 0.1) is 18.1 Å². The zero-order valence-corrected chi connectivity index (χ0v) is 46.3. The molecule has 0 aliphatic heterocycles. The van der Waals surface area contributed by atoms with Crippen molar-refractivity contribution in [2.45, 2.75) is 89.9 Å². The fourth-order valence-electron chi connectivity index (χ4n) is 9.09. The summed E-state index contributed by atoms with van der Waals surface area (Å²) in [6, 6.07) is 60.0. The molecule has 5 nitrogen and oxygen atoms in total. The van der Waals surface area contributed by atoms with Crippen LogP contribution in [-0.4, -0.2) is 32.8 Å². The summed E-state index contributed by atoms with van der Waals surface area (Å²) < 4.78 is 10.5. The Labute approximate surface area is 425 Å². The minimum atomic E-state index is -1.86. The second-order valence-electron chi connectivity index (χ2n) is 21.5. The topological polar surface area (TPSA) is 56.7 Å². The summed E-state index contributed by atoms with van der Waals surface area (Å²) in [6.45, 7) is 17.9. The van der Waals surface area contributed by atoms with Gasteiger partial charge >= 0.3 is 126 Å². The molecule has 0 amide bonds. The minimum absolute atomic E-state index is 0. The van der Waals surface area contributed by atoms with E-state index in [0.29, 0.717) is 11.6 Å². The monoisotopic (exact) mass is 1150 g/mol. The van der Waals surface area contributed by atoms with Crippen LogP contribution in [0.3, 0.4) is 0 Å². The first-order valence-electron chi connectivity index (χ1n) is 23.9. The molecule has 0 unspecified atom stereocenters. The van der Waals surface area contributed by atoms with E-state index in [4.69, 9.17) is 19.4 Å². The van der Waals surface area contributed by atoms with Crippen LogP contribution >= 0.6 is 0 Å². The molecule has 4 heterocycles. The van der Waals surface area contributed by atoms with Crippen molar-refractivity contribution in [1.29, 1.82) is 0 Å². The largest absolute Gasteiger partial charge is 0 e. The Hall–Kier alpha value is -5.92. The van der Waals surface area contributed by atoms with Crippen molar-refractivity contribution < 1.29 is 24.5 Å². The molecule has 0 bridgehead atoms. The number of benzene rings is 6. The van der Waals surface area contributed by atoms with Crippen molar-refractivity contribution in [2.75, 3.05) is 0 Å². The zero-order valence-electron chi connectivity index (χ0n) is 41.8. The summed E-state index contributed by atoms with van der Waals surface area (Å²) in [5, 5.41) is 1.99. The Balaban J connectivity index is 0.000000257. The van der Waals surface area contributed by atoms with Gasteiger partial charge < -0.3 is 8.98 Å². The van der Waals surface area contributed by atoms with Gasteiger partial charge in [-0.05, 0) is 58.5 Å². The average Bonchev–Trinajstić information content (AvgIpc) is 3.89. The van der Waals surface area contributed by atoms with E-state index in [1.807, 2.05) is 30.3 Å². The predicted molar refractivity (Wildman–Crippen MR) is 289 cm³/mol. The van der Waals surface area contributed by atoms with Crippen molar-refractivity contribution >= 4 is 50.8 Å². The zero-order chi connectivity index (χ0) is 48.0. The third kappa shape index (κ3) is 10.4. The van der Waals surface area contributed by atoms with Crippen LogP contribution in [0.4, 0.5) is 0 Å². The van der Waals surface area contributed by atoms with E-state index < -0.39 is 13.3 Å². The number of pyridine rings is 2. The van der Waals surface area contributed by atoms with E-state index >= 15 is 0 Å². The molecule has 0 N–H and O–H groups in total. The molecule has 0 fully saturated rings. The number of rotatable bonds is 8. The van der Waals surface area contributed by atoms with Crippen molar-refractivity contribution in [3.8, 4) is 50.6 Å². The molecule has 4 aromatic heterocycles. The molecular weight excluding hydrogens is 1080 g/mol. The molecule has 0 saturated carbocycles. The van der Waals surface area contributed by atoms with Crippen molar-refractivity contribution in [1.82, 2.24) is 19.5 Å². The van der Waals surface area contributed by atoms with E-state index in [1.165, 1.54) is 11.1 Å². The van der Waals surface area contributed by atoms with Gasteiger partial charge in [0.15, 0.2) is 0 Å². The van der Waals surface area contributed by atoms with Crippen LogP contribution < -0.4 is 4.40 Å². The van der Waals surface area contributed by atoms with Crippen LogP contribution in [0.2, 0.25) is 17.3 Å². The smallest absolute Gasteiger partial charge is 0 e. The summed E-state index contributed by atoms with van der Waals surface area (Å²) in [7, 11) is 0. The number of hydrogen-bond donors (Lipinski definition) is 0. The number of furan rings is 1. The fraction of sp³-hybridized carbons (Fsp3) is 0.242. The van der Waals surface area contributed by atoms with Crippen LogP contribution in [0.5, 0.6) is 0 Å². The number of fused-ring (bicyclic) bond motifs is 4. The van der Waals surface area contributed by atoms with Gasteiger partial charge in [-0.3, -0.25) is 4.98 Å². The van der Waals surface area contributed by atoms with Gasteiger partial charge in [-0.2, -0.15) is 0 Å². The molecule has 0 atom stereocenters. The van der Waals surface area contributed by atoms with Crippen molar-refractivity contribution in [2.24, 2.45) is 5.92 Å². The third-order valence-electron chi connectivity index (χ3n) is 12.6. The Morgan fingerprint density at radius 2 is 1.29 bits per heavy atom. The number of para-hydroxylation sites is 2. The molecule has 7 heteroatoms. The average molecular weight is 1140 g/mol. The SMILES string of the molecule is CC(C)(C)c1cc(-c2ccccc2)c(-n2c(-c3[c-]ccc4c3oc3nc(C(C)(C)C)ccc34)nc3ccccc32)c(-c2ccccc2)c1.CC(C)Cc1cc(-c2[c-]cccc2)nc[c]1[Ge]([CH3])([CH3])[CH3].[Ir]. The van der Waals surface area contributed by atoms with Gasteiger partial charge in [0.25, 0.3) is 0 Å². The van der Waals surface area contributed by atoms with E-state index in [0.717, 1.165) is 90.1 Å². The Kier molecular flexibility index (Phi) is 14.2. The molecule has 351 valence electrons. The normalized spacial score (nSPS) is 12.1. The molecule has 0 aliphatic rings. The standard InChI is InChI=1S/C44H38N3O.C18H24GeN.Ir/c1-43(2,3)30-26-34(28-16-9-7-10-17-28)39(35(27-30)29-18-11-8-12-19-29)47-37-23-14-13-22-36(37)45-41(47)33-21-15-20-31-32-24-25-38(44(4,5)6)46-42(32)48-40(31)33;1-14(2)11-16-12-18(15-9-7-6-8-10-15)20-13-17(16)19(3,4)5;/h7-20,22-27H,1-6H3;6-9,12-14H,11H2,1-5H3;/q2*-1;. The maximum Gasteiger partial charge on any atom is 0 e. The molecule has 1 radical (unpaired) electrons. The van der Waals surface area contributed by atoms with Gasteiger partial charge in [-0.1, -0.05) is 125 Å². The maximum atomic E-state index is 6.66. The van der Waals surface area contributed by atoms with E-state index in [2.05, 4.69) is 217 Å². The second kappa shape index (κ2) is 19.8. The van der Waals surface area contributed by atoms with Gasteiger partial charge in [-0.15, -0.1) is 18.2 Å².